The molecular formula is C26H28F3N3O. The molecule has 1 aliphatic heterocycles. The molecule has 7 heteroatoms. The van der Waals surface area contributed by atoms with E-state index in [2.05, 4.69) is 17.2 Å². The summed E-state index contributed by atoms with van der Waals surface area (Å²) in [5.41, 5.74) is 2.23. The third-order valence-corrected chi connectivity index (χ3v) is 6.49. The Balaban J connectivity index is 1.51. The van der Waals surface area contributed by atoms with Crippen LogP contribution in [0.15, 0.2) is 54.7 Å². The molecule has 0 saturated carbocycles. The van der Waals surface area contributed by atoms with Crippen molar-refractivity contribution >= 4 is 22.5 Å². The quantitative estimate of drug-likeness (QED) is 0.520. The Morgan fingerprint density at radius 2 is 1.88 bits per heavy atom. The fourth-order valence-corrected chi connectivity index (χ4v) is 4.25. The smallest absolute Gasteiger partial charge is 0.371 e. The van der Waals surface area contributed by atoms with Gasteiger partial charge in [0.15, 0.2) is 0 Å². The van der Waals surface area contributed by atoms with E-state index in [1.165, 1.54) is 12.1 Å². The molecule has 1 atom stereocenters. The van der Waals surface area contributed by atoms with Crippen molar-refractivity contribution in [2.75, 3.05) is 18.0 Å². The molecule has 33 heavy (non-hydrogen) atoms. The monoisotopic (exact) mass is 455 g/mol. The lowest BCUT2D eigenvalue weighted by Crippen LogP contribution is -2.35. The highest BCUT2D eigenvalue weighted by molar-refractivity contribution is 5.85. The molecule has 1 fully saturated rings. The van der Waals surface area contributed by atoms with Crippen LogP contribution in [0, 0.1) is 5.92 Å². The van der Waals surface area contributed by atoms with Crippen molar-refractivity contribution < 1.29 is 18.0 Å². The van der Waals surface area contributed by atoms with Gasteiger partial charge in [-0.2, -0.15) is 13.2 Å². The number of carbonyl (C=O) groups is 1. The maximum absolute atomic E-state index is 13.4. The van der Waals surface area contributed by atoms with Crippen molar-refractivity contribution in [3.05, 3.63) is 71.4 Å². The van der Waals surface area contributed by atoms with E-state index in [0.29, 0.717) is 30.3 Å². The third kappa shape index (κ3) is 5.29. The molecular weight excluding hydrogens is 427 g/mol. The summed E-state index contributed by atoms with van der Waals surface area (Å²) in [7, 11) is 0. The van der Waals surface area contributed by atoms with E-state index in [4.69, 9.17) is 0 Å². The summed E-state index contributed by atoms with van der Waals surface area (Å²) in [5, 5.41) is 3.87. The Kier molecular flexibility index (Phi) is 6.58. The largest absolute Gasteiger partial charge is 0.416 e. The molecule has 4 rings (SSSR count). The highest BCUT2D eigenvalue weighted by atomic mass is 19.4. The summed E-state index contributed by atoms with van der Waals surface area (Å²) < 4.78 is 40.1. The van der Waals surface area contributed by atoms with E-state index in [0.717, 1.165) is 35.4 Å². The average Bonchev–Trinajstić information content (AvgIpc) is 2.81. The lowest BCUT2D eigenvalue weighted by molar-refractivity contribution is -0.137. The molecule has 3 aromatic rings. The SMILES string of the molecule is CC1CCN(c2cc(C(F)(F)F)ccc2CNC(=O)C(C)c2cnc3ccccc3c2)CC1. The van der Waals surface area contributed by atoms with Gasteiger partial charge in [0.25, 0.3) is 0 Å². The molecule has 0 radical (unpaired) electrons. The summed E-state index contributed by atoms with van der Waals surface area (Å²) in [6.45, 7) is 5.56. The fraction of sp³-hybridized carbons (Fsp3) is 0.385. The topological polar surface area (TPSA) is 45.2 Å². The van der Waals surface area contributed by atoms with Crippen molar-refractivity contribution in [1.29, 1.82) is 0 Å². The molecule has 1 aromatic heterocycles. The zero-order valence-electron chi connectivity index (χ0n) is 18.8. The number of anilines is 1. The number of amides is 1. The van der Waals surface area contributed by atoms with Gasteiger partial charge in [-0.05, 0) is 61.1 Å². The number of alkyl halides is 3. The number of pyridine rings is 1. The molecule has 1 saturated heterocycles. The van der Waals surface area contributed by atoms with Crippen LogP contribution in [0.25, 0.3) is 10.9 Å². The molecule has 0 spiro atoms. The van der Waals surface area contributed by atoms with Crippen molar-refractivity contribution in [2.45, 2.75) is 45.3 Å². The van der Waals surface area contributed by atoms with Gasteiger partial charge in [-0.15, -0.1) is 0 Å². The highest BCUT2D eigenvalue weighted by Crippen LogP contribution is 2.35. The van der Waals surface area contributed by atoms with Gasteiger partial charge in [0, 0.05) is 36.9 Å². The number of nitrogens with one attached hydrogen (secondary N) is 1. The number of fused-ring (bicyclic) bond motifs is 1. The van der Waals surface area contributed by atoms with Crippen LogP contribution in [0.2, 0.25) is 0 Å². The summed E-state index contributed by atoms with van der Waals surface area (Å²) >= 11 is 0. The number of benzene rings is 2. The van der Waals surface area contributed by atoms with E-state index >= 15 is 0 Å². The zero-order chi connectivity index (χ0) is 23.6. The van der Waals surface area contributed by atoms with Crippen molar-refractivity contribution in [3.63, 3.8) is 0 Å². The van der Waals surface area contributed by atoms with Gasteiger partial charge >= 0.3 is 6.18 Å². The van der Waals surface area contributed by atoms with E-state index in [1.807, 2.05) is 35.2 Å². The second-order valence-corrected chi connectivity index (χ2v) is 8.91. The van der Waals surface area contributed by atoms with Crippen LogP contribution in [-0.2, 0) is 17.5 Å². The molecule has 2 aromatic carbocycles. The fourth-order valence-electron chi connectivity index (χ4n) is 4.25. The average molecular weight is 456 g/mol. The first-order chi connectivity index (χ1) is 15.7. The lowest BCUT2D eigenvalue weighted by Gasteiger charge is -2.34. The van der Waals surface area contributed by atoms with Crippen molar-refractivity contribution in [2.24, 2.45) is 5.92 Å². The van der Waals surface area contributed by atoms with E-state index < -0.39 is 17.7 Å². The summed E-state index contributed by atoms with van der Waals surface area (Å²) in [6.07, 6.45) is -0.829. The molecule has 0 aliphatic carbocycles. The number of piperidine rings is 1. The first-order valence-corrected chi connectivity index (χ1v) is 11.3. The first-order valence-electron chi connectivity index (χ1n) is 11.3. The number of rotatable bonds is 5. The van der Waals surface area contributed by atoms with Crippen LogP contribution in [0.5, 0.6) is 0 Å². The molecule has 2 heterocycles. The van der Waals surface area contributed by atoms with Gasteiger partial charge in [-0.3, -0.25) is 9.78 Å². The Morgan fingerprint density at radius 3 is 2.61 bits per heavy atom. The van der Waals surface area contributed by atoms with Gasteiger partial charge in [-0.1, -0.05) is 31.2 Å². The molecule has 4 nitrogen and oxygen atoms in total. The molecule has 1 N–H and O–H groups in total. The van der Waals surface area contributed by atoms with E-state index in [9.17, 15) is 18.0 Å². The van der Waals surface area contributed by atoms with Crippen LogP contribution >= 0.6 is 0 Å². The lowest BCUT2D eigenvalue weighted by atomic mass is 9.97. The van der Waals surface area contributed by atoms with Crippen LogP contribution in [0.3, 0.4) is 0 Å². The maximum Gasteiger partial charge on any atom is 0.416 e. The van der Waals surface area contributed by atoms with Crippen molar-refractivity contribution in [1.82, 2.24) is 10.3 Å². The van der Waals surface area contributed by atoms with Crippen LogP contribution in [-0.4, -0.2) is 24.0 Å². The van der Waals surface area contributed by atoms with Gasteiger partial charge in [0.2, 0.25) is 5.91 Å². The zero-order valence-corrected chi connectivity index (χ0v) is 18.8. The number of nitrogens with zero attached hydrogens (tertiary/aromatic N) is 2. The number of hydrogen-bond acceptors (Lipinski definition) is 3. The normalized spacial score (nSPS) is 16.1. The van der Waals surface area contributed by atoms with E-state index in [1.54, 1.807) is 13.1 Å². The highest BCUT2D eigenvalue weighted by Gasteiger charge is 2.32. The summed E-state index contributed by atoms with van der Waals surface area (Å²) in [6, 6.07) is 13.4. The predicted molar refractivity (Wildman–Crippen MR) is 124 cm³/mol. The minimum Gasteiger partial charge on any atom is -0.371 e. The minimum atomic E-state index is -4.41. The Morgan fingerprint density at radius 1 is 1.15 bits per heavy atom. The number of aromatic nitrogens is 1. The number of para-hydroxylation sites is 1. The van der Waals surface area contributed by atoms with Gasteiger partial charge in [-0.25, -0.2) is 0 Å². The third-order valence-electron chi connectivity index (χ3n) is 6.49. The number of hydrogen-bond donors (Lipinski definition) is 1. The van der Waals surface area contributed by atoms with Crippen LogP contribution < -0.4 is 10.2 Å². The molecule has 174 valence electrons. The molecule has 1 unspecified atom stereocenters. The van der Waals surface area contributed by atoms with Crippen molar-refractivity contribution in [3.8, 4) is 0 Å². The van der Waals surface area contributed by atoms with E-state index in [-0.39, 0.29) is 12.5 Å². The van der Waals surface area contributed by atoms with Gasteiger partial charge in [0.05, 0.1) is 17.0 Å². The first kappa shape index (κ1) is 23.1. The summed E-state index contributed by atoms with van der Waals surface area (Å²) in [5.74, 6) is -0.0624. The standard InChI is InChI=1S/C26H28F3N3O/c1-17-9-11-32(12-10-17)24-14-22(26(27,28)29)8-7-20(24)15-31-25(33)18(2)21-13-19-5-3-4-6-23(19)30-16-21/h3-8,13-14,16-18H,9-12,15H2,1-2H3,(H,31,33). The number of halogens is 3. The van der Waals surface area contributed by atoms with Crippen LogP contribution in [0.1, 0.15) is 49.3 Å². The minimum absolute atomic E-state index is 0.170. The molecule has 0 bridgehead atoms. The maximum atomic E-state index is 13.4. The molecule has 1 aliphatic rings. The van der Waals surface area contributed by atoms with Gasteiger partial charge in [0.1, 0.15) is 0 Å². The Bertz CT molecular complexity index is 1140. The second kappa shape index (κ2) is 9.41. The summed E-state index contributed by atoms with van der Waals surface area (Å²) in [4.78, 5) is 19.3. The molecule has 1 amide bonds. The predicted octanol–water partition coefficient (Wildman–Crippen LogP) is 5.91. The second-order valence-electron chi connectivity index (χ2n) is 8.91. The van der Waals surface area contributed by atoms with Gasteiger partial charge < -0.3 is 10.2 Å². The Labute approximate surface area is 191 Å². The Hall–Kier alpha value is -3.09. The number of carbonyl (C=O) groups excluding carboxylic acids is 1. The van der Waals surface area contributed by atoms with Crippen LogP contribution in [0.4, 0.5) is 18.9 Å².